The molecule has 0 radical (unpaired) electrons. The van der Waals surface area contributed by atoms with Crippen LogP contribution in [-0.2, 0) is 0 Å². The Hall–Kier alpha value is -1.60. The predicted octanol–water partition coefficient (Wildman–Crippen LogP) is 1.33. The zero-order valence-electron chi connectivity index (χ0n) is 9.03. The lowest BCUT2D eigenvalue weighted by Gasteiger charge is -2.09. The molecule has 0 saturated heterocycles. The lowest BCUT2D eigenvalue weighted by molar-refractivity contribution is 0.308. The van der Waals surface area contributed by atoms with Gasteiger partial charge in [0.1, 0.15) is 24.1 Å². The van der Waals surface area contributed by atoms with Crippen LogP contribution in [-0.4, -0.2) is 24.2 Å². The molecule has 0 aliphatic heterocycles. The van der Waals surface area contributed by atoms with Crippen molar-refractivity contribution in [3.63, 3.8) is 0 Å². The maximum atomic E-state index is 8.63. The molecule has 0 atom stereocenters. The van der Waals surface area contributed by atoms with Crippen molar-refractivity contribution in [1.82, 2.24) is 10.3 Å². The molecule has 1 aromatic rings. The molecule has 80 valence electrons. The molecule has 15 heavy (non-hydrogen) atoms. The number of hydrogen-bond donors (Lipinski definition) is 1. The van der Waals surface area contributed by atoms with E-state index in [0.29, 0.717) is 24.1 Å². The van der Waals surface area contributed by atoms with E-state index in [1.807, 2.05) is 6.07 Å². The summed E-state index contributed by atoms with van der Waals surface area (Å²) < 4.78 is 5.45. The van der Waals surface area contributed by atoms with E-state index in [0.717, 1.165) is 6.54 Å². The summed E-state index contributed by atoms with van der Waals surface area (Å²) in [6, 6.07) is 5.81. The van der Waals surface area contributed by atoms with Gasteiger partial charge >= 0.3 is 0 Å². The van der Waals surface area contributed by atoms with Crippen LogP contribution in [0.1, 0.15) is 19.5 Å². The number of aromatic nitrogens is 1. The Kier molecular flexibility index (Phi) is 4.58. The van der Waals surface area contributed by atoms with Gasteiger partial charge in [-0.2, -0.15) is 5.26 Å². The minimum atomic E-state index is 0.379. The van der Waals surface area contributed by atoms with Crippen molar-refractivity contribution in [3.05, 3.63) is 24.0 Å². The molecule has 0 bridgehead atoms. The van der Waals surface area contributed by atoms with Crippen molar-refractivity contribution in [3.8, 4) is 11.8 Å². The van der Waals surface area contributed by atoms with Gasteiger partial charge in [0.15, 0.2) is 0 Å². The molecule has 4 nitrogen and oxygen atoms in total. The van der Waals surface area contributed by atoms with E-state index >= 15 is 0 Å². The second-order valence-corrected chi connectivity index (χ2v) is 3.45. The first-order valence-corrected chi connectivity index (χ1v) is 4.94. The quantitative estimate of drug-likeness (QED) is 0.737. The maximum absolute atomic E-state index is 8.63. The number of pyridine rings is 1. The first-order valence-electron chi connectivity index (χ1n) is 4.94. The van der Waals surface area contributed by atoms with Crippen LogP contribution in [0, 0.1) is 11.3 Å². The third-order valence-corrected chi connectivity index (χ3v) is 1.77. The van der Waals surface area contributed by atoms with Gasteiger partial charge in [0.25, 0.3) is 0 Å². The Morgan fingerprint density at radius 3 is 3.07 bits per heavy atom. The SMILES string of the molecule is CC(C)NCCOc1ccnc(C#N)c1. The zero-order valence-corrected chi connectivity index (χ0v) is 9.03. The molecule has 0 amide bonds. The summed E-state index contributed by atoms with van der Waals surface area (Å²) in [5.41, 5.74) is 0.379. The van der Waals surface area contributed by atoms with Crippen LogP contribution in [0.2, 0.25) is 0 Å². The van der Waals surface area contributed by atoms with Crippen LogP contribution in [0.4, 0.5) is 0 Å². The van der Waals surface area contributed by atoms with E-state index in [-0.39, 0.29) is 0 Å². The standard InChI is InChI=1S/C11H15N3O/c1-9(2)13-5-6-15-11-3-4-14-10(7-11)8-12/h3-4,7,9,13H,5-6H2,1-2H3. The van der Waals surface area contributed by atoms with Crippen molar-refractivity contribution in [1.29, 1.82) is 5.26 Å². The highest BCUT2D eigenvalue weighted by Gasteiger charge is 1.97. The average molecular weight is 205 g/mol. The minimum Gasteiger partial charge on any atom is -0.492 e. The summed E-state index contributed by atoms with van der Waals surface area (Å²) in [5.74, 6) is 0.687. The largest absolute Gasteiger partial charge is 0.492 e. The van der Waals surface area contributed by atoms with Gasteiger partial charge in [-0.15, -0.1) is 0 Å². The first kappa shape index (κ1) is 11.5. The number of ether oxygens (including phenoxy) is 1. The molecule has 1 N–H and O–H groups in total. The highest BCUT2D eigenvalue weighted by molar-refractivity contribution is 5.29. The highest BCUT2D eigenvalue weighted by atomic mass is 16.5. The number of rotatable bonds is 5. The Balaban J connectivity index is 2.35. The fourth-order valence-corrected chi connectivity index (χ4v) is 1.08. The van der Waals surface area contributed by atoms with Crippen molar-refractivity contribution < 1.29 is 4.74 Å². The molecule has 0 spiro atoms. The maximum Gasteiger partial charge on any atom is 0.144 e. The molecule has 1 aromatic heterocycles. The minimum absolute atomic E-state index is 0.379. The smallest absolute Gasteiger partial charge is 0.144 e. The Morgan fingerprint density at radius 2 is 2.40 bits per heavy atom. The summed E-state index contributed by atoms with van der Waals surface area (Å²) in [6.07, 6.45) is 1.57. The molecular weight excluding hydrogens is 190 g/mol. The number of hydrogen-bond acceptors (Lipinski definition) is 4. The summed E-state index contributed by atoms with van der Waals surface area (Å²) >= 11 is 0. The molecule has 4 heteroatoms. The Labute approximate surface area is 89.9 Å². The van der Waals surface area contributed by atoms with Crippen LogP contribution in [0.3, 0.4) is 0 Å². The van der Waals surface area contributed by atoms with E-state index < -0.39 is 0 Å². The Morgan fingerprint density at radius 1 is 1.60 bits per heavy atom. The van der Waals surface area contributed by atoms with Gasteiger partial charge in [-0.3, -0.25) is 0 Å². The fraction of sp³-hybridized carbons (Fsp3) is 0.455. The van der Waals surface area contributed by atoms with Crippen LogP contribution in [0.25, 0.3) is 0 Å². The lowest BCUT2D eigenvalue weighted by atomic mass is 10.3. The van der Waals surface area contributed by atoms with Gasteiger partial charge in [-0.25, -0.2) is 4.98 Å². The second kappa shape index (κ2) is 5.99. The van der Waals surface area contributed by atoms with Crippen LogP contribution >= 0.6 is 0 Å². The monoisotopic (exact) mass is 205 g/mol. The van der Waals surface area contributed by atoms with Gasteiger partial charge < -0.3 is 10.1 Å². The van der Waals surface area contributed by atoms with Gasteiger partial charge in [-0.05, 0) is 6.07 Å². The molecule has 0 aliphatic carbocycles. The van der Waals surface area contributed by atoms with Crippen LogP contribution in [0.5, 0.6) is 5.75 Å². The van der Waals surface area contributed by atoms with Crippen molar-refractivity contribution >= 4 is 0 Å². The van der Waals surface area contributed by atoms with Gasteiger partial charge in [0.05, 0.1) is 0 Å². The van der Waals surface area contributed by atoms with Gasteiger partial charge in [0, 0.05) is 24.8 Å². The van der Waals surface area contributed by atoms with E-state index in [4.69, 9.17) is 10.00 Å². The van der Waals surface area contributed by atoms with Crippen molar-refractivity contribution in [2.24, 2.45) is 0 Å². The molecule has 0 aromatic carbocycles. The summed E-state index contributed by atoms with van der Waals surface area (Å²) in [5, 5.41) is 11.9. The molecule has 1 heterocycles. The van der Waals surface area contributed by atoms with Crippen LogP contribution < -0.4 is 10.1 Å². The molecule has 0 unspecified atom stereocenters. The third-order valence-electron chi connectivity index (χ3n) is 1.77. The molecular formula is C11H15N3O. The fourth-order valence-electron chi connectivity index (χ4n) is 1.08. The lowest BCUT2D eigenvalue weighted by Crippen LogP contribution is -2.27. The number of nitriles is 1. The highest BCUT2D eigenvalue weighted by Crippen LogP contribution is 2.09. The summed E-state index contributed by atoms with van der Waals surface area (Å²) in [7, 11) is 0. The molecule has 0 saturated carbocycles. The van der Waals surface area contributed by atoms with Crippen molar-refractivity contribution in [2.45, 2.75) is 19.9 Å². The zero-order chi connectivity index (χ0) is 11.1. The topological polar surface area (TPSA) is 57.9 Å². The first-order chi connectivity index (χ1) is 7.22. The average Bonchev–Trinajstić information content (AvgIpc) is 2.24. The van der Waals surface area contributed by atoms with Gasteiger partial charge in [-0.1, -0.05) is 13.8 Å². The molecule has 0 fully saturated rings. The van der Waals surface area contributed by atoms with Crippen molar-refractivity contribution in [2.75, 3.05) is 13.2 Å². The van der Waals surface area contributed by atoms with E-state index in [9.17, 15) is 0 Å². The number of nitrogens with one attached hydrogen (secondary N) is 1. The molecule has 0 aliphatic rings. The summed E-state index contributed by atoms with van der Waals surface area (Å²) in [4.78, 5) is 3.86. The van der Waals surface area contributed by atoms with E-state index in [1.54, 1.807) is 18.3 Å². The van der Waals surface area contributed by atoms with Crippen LogP contribution in [0.15, 0.2) is 18.3 Å². The van der Waals surface area contributed by atoms with Gasteiger partial charge in [0.2, 0.25) is 0 Å². The summed E-state index contributed by atoms with van der Waals surface area (Å²) in [6.45, 7) is 5.55. The van der Waals surface area contributed by atoms with E-state index in [2.05, 4.69) is 24.1 Å². The number of nitrogens with zero attached hydrogens (tertiary/aromatic N) is 2. The predicted molar refractivity (Wildman–Crippen MR) is 57.6 cm³/mol. The Bertz CT molecular complexity index is 344. The van der Waals surface area contributed by atoms with E-state index in [1.165, 1.54) is 0 Å². The molecule has 1 rings (SSSR count). The second-order valence-electron chi connectivity index (χ2n) is 3.45. The third kappa shape index (κ3) is 4.43. The normalized spacial score (nSPS) is 10.0.